The molecule has 4 N–H and O–H groups in total. The Kier molecular flexibility index (Phi) is 3.35. The van der Waals surface area contributed by atoms with Crippen molar-refractivity contribution < 1.29 is 13.5 Å². The van der Waals surface area contributed by atoms with Gasteiger partial charge in [-0.3, -0.25) is 4.72 Å². The molecule has 19 heavy (non-hydrogen) atoms. The SMILES string of the molecule is Cc1ccccc1S(=O)(=O)Nc1ccc(O)cc1N. The van der Waals surface area contributed by atoms with Crippen molar-refractivity contribution in [3.05, 3.63) is 48.0 Å². The van der Waals surface area contributed by atoms with Crippen molar-refractivity contribution in [3.8, 4) is 5.75 Å². The van der Waals surface area contributed by atoms with Crippen LogP contribution in [0.25, 0.3) is 0 Å². The second-order valence-corrected chi connectivity index (χ2v) is 5.79. The lowest BCUT2D eigenvalue weighted by Crippen LogP contribution is -2.15. The number of sulfonamides is 1. The summed E-state index contributed by atoms with van der Waals surface area (Å²) in [5.74, 6) is -0.0173. The molecular formula is C13H14N2O3S. The molecule has 2 rings (SSSR count). The van der Waals surface area contributed by atoms with Crippen molar-refractivity contribution in [1.82, 2.24) is 0 Å². The maximum atomic E-state index is 12.2. The number of nitrogens with one attached hydrogen (secondary N) is 1. The molecule has 0 fully saturated rings. The van der Waals surface area contributed by atoms with E-state index in [4.69, 9.17) is 5.73 Å². The first-order chi connectivity index (χ1) is 8.90. The van der Waals surface area contributed by atoms with Gasteiger partial charge in [0.15, 0.2) is 0 Å². The Balaban J connectivity index is 2.40. The molecule has 2 aromatic rings. The van der Waals surface area contributed by atoms with Crippen molar-refractivity contribution in [2.24, 2.45) is 0 Å². The zero-order valence-corrected chi connectivity index (χ0v) is 11.1. The Bertz CT molecular complexity index is 712. The van der Waals surface area contributed by atoms with Crippen LogP contribution in [0.5, 0.6) is 5.75 Å². The van der Waals surface area contributed by atoms with Crippen molar-refractivity contribution in [3.63, 3.8) is 0 Å². The van der Waals surface area contributed by atoms with E-state index in [2.05, 4.69) is 4.72 Å². The standard InChI is InChI=1S/C13H14N2O3S/c1-9-4-2-3-5-13(9)19(17,18)15-12-7-6-10(16)8-11(12)14/h2-8,15-16H,14H2,1H3. The maximum Gasteiger partial charge on any atom is 0.262 e. The minimum Gasteiger partial charge on any atom is -0.508 e. The molecule has 5 nitrogen and oxygen atoms in total. The number of hydrogen-bond donors (Lipinski definition) is 3. The van der Waals surface area contributed by atoms with Crippen molar-refractivity contribution in [2.75, 3.05) is 10.5 Å². The van der Waals surface area contributed by atoms with E-state index in [-0.39, 0.29) is 22.0 Å². The minimum atomic E-state index is -3.69. The Morgan fingerprint density at radius 1 is 1.16 bits per heavy atom. The molecule has 100 valence electrons. The second-order valence-electron chi connectivity index (χ2n) is 4.14. The first kappa shape index (κ1) is 13.2. The third-order valence-corrected chi connectivity index (χ3v) is 4.19. The van der Waals surface area contributed by atoms with Gasteiger partial charge >= 0.3 is 0 Å². The normalized spacial score (nSPS) is 11.2. The third-order valence-electron chi connectivity index (χ3n) is 2.66. The predicted molar refractivity (Wildman–Crippen MR) is 74.5 cm³/mol. The highest BCUT2D eigenvalue weighted by Gasteiger charge is 2.17. The van der Waals surface area contributed by atoms with Gasteiger partial charge in [0.25, 0.3) is 10.0 Å². The molecule has 0 amide bonds. The lowest BCUT2D eigenvalue weighted by Gasteiger charge is -2.12. The van der Waals surface area contributed by atoms with Gasteiger partial charge in [0, 0.05) is 6.07 Å². The summed E-state index contributed by atoms with van der Waals surface area (Å²) in [5.41, 5.74) is 6.70. The first-order valence-corrected chi connectivity index (χ1v) is 7.05. The van der Waals surface area contributed by atoms with Crippen LogP contribution in [-0.4, -0.2) is 13.5 Å². The summed E-state index contributed by atoms with van der Waals surface area (Å²) in [7, 11) is -3.69. The smallest absolute Gasteiger partial charge is 0.262 e. The van der Waals surface area contributed by atoms with E-state index >= 15 is 0 Å². The number of nitrogens with two attached hydrogens (primary N) is 1. The van der Waals surface area contributed by atoms with E-state index in [1.165, 1.54) is 24.3 Å². The lowest BCUT2D eigenvalue weighted by atomic mass is 10.2. The molecule has 6 heteroatoms. The molecule has 0 atom stereocenters. The molecule has 0 aliphatic carbocycles. The first-order valence-electron chi connectivity index (χ1n) is 5.57. The topological polar surface area (TPSA) is 92.4 Å². The van der Waals surface area contributed by atoms with Crippen LogP contribution < -0.4 is 10.5 Å². The van der Waals surface area contributed by atoms with Crippen LogP contribution in [0.2, 0.25) is 0 Å². The van der Waals surface area contributed by atoms with E-state index in [0.717, 1.165) is 0 Å². The van der Waals surface area contributed by atoms with Crippen LogP contribution in [0.1, 0.15) is 5.56 Å². The number of anilines is 2. The molecule has 0 aromatic heterocycles. The Hall–Kier alpha value is -2.21. The van der Waals surface area contributed by atoms with Gasteiger partial charge in [-0.1, -0.05) is 18.2 Å². The second kappa shape index (κ2) is 4.81. The van der Waals surface area contributed by atoms with Crippen LogP contribution in [-0.2, 0) is 10.0 Å². The summed E-state index contributed by atoms with van der Waals surface area (Å²) in [6.45, 7) is 1.72. The van der Waals surface area contributed by atoms with Crippen molar-refractivity contribution in [2.45, 2.75) is 11.8 Å². The summed E-state index contributed by atoms with van der Waals surface area (Å²) >= 11 is 0. The molecule has 0 radical (unpaired) electrons. The van der Waals surface area contributed by atoms with Gasteiger partial charge in [-0.05, 0) is 30.7 Å². The van der Waals surface area contributed by atoms with Crippen LogP contribution in [0, 0.1) is 6.92 Å². The quantitative estimate of drug-likeness (QED) is 0.592. The monoisotopic (exact) mass is 278 g/mol. The third kappa shape index (κ3) is 2.79. The lowest BCUT2D eigenvalue weighted by molar-refractivity contribution is 0.475. The van der Waals surface area contributed by atoms with E-state index in [1.54, 1.807) is 25.1 Å². The van der Waals surface area contributed by atoms with Crippen LogP contribution in [0.15, 0.2) is 47.4 Å². The molecular weight excluding hydrogens is 264 g/mol. The minimum absolute atomic E-state index is 0.0173. The Labute approximate surface area is 111 Å². The molecule has 0 spiro atoms. The molecule has 0 saturated heterocycles. The van der Waals surface area contributed by atoms with Gasteiger partial charge in [-0.2, -0.15) is 0 Å². The van der Waals surface area contributed by atoms with Crippen LogP contribution >= 0.6 is 0 Å². The summed E-state index contributed by atoms with van der Waals surface area (Å²) in [6.07, 6.45) is 0. The van der Waals surface area contributed by atoms with E-state index in [9.17, 15) is 13.5 Å². The number of aryl methyl sites for hydroxylation is 1. The highest BCUT2D eigenvalue weighted by molar-refractivity contribution is 7.92. The zero-order chi connectivity index (χ0) is 14.0. The highest BCUT2D eigenvalue weighted by atomic mass is 32.2. The van der Waals surface area contributed by atoms with Crippen LogP contribution in [0.3, 0.4) is 0 Å². The molecule has 0 saturated carbocycles. The Morgan fingerprint density at radius 3 is 2.47 bits per heavy atom. The predicted octanol–water partition coefficient (Wildman–Crippen LogP) is 2.08. The highest BCUT2D eigenvalue weighted by Crippen LogP contribution is 2.26. The van der Waals surface area contributed by atoms with Gasteiger partial charge in [0.1, 0.15) is 5.75 Å². The largest absolute Gasteiger partial charge is 0.508 e. The maximum absolute atomic E-state index is 12.2. The summed E-state index contributed by atoms with van der Waals surface area (Å²) in [6, 6.07) is 10.7. The average molecular weight is 278 g/mol. The number of phenolic OH excluding ortho intramolecular Hbond substituents is 1. The number of phenols is 1. The number of hydrogen-bond acceptors (Lipinski definition) is 4. The number of benzene rings is 2. The van der Waals surface area contributed by atoms with Gasteiger partial charge in [0.05, 0.1) is 16.3 Å². The number of aromatic hydroxyl groups is 1. The van der Waals surface area contributed by atoms with E-state index in [0.29, 0.717) is 5.56 Å². The summed E-state index contributed by atoms with van der Waals surface area (Å²) in [5, 5.41) is 9.24. The summed E-state index contributed by atoms with van der Waals surface area (Å²) in [4.78, 5) is 0.197. The van der Waals surface area contributed by atoms with Gasteiger partial charge < -0.3 is 10.8 Å². The van der Waals surface area contributed by atoms with Crippen molar-refractivity contribution >= 4 is 21.4 Å². The van der Waals surface area contributed by atoms with Gasteiger partial charge in [0.2, 0.25) is 0 Å². The van der Waals surface area contributed by atoms with E-state index < -0.39 is 10.0 Å². The molecule has 2 aromatic carbocycles. The average Bonchev–Trinajstić information content (AvgIpc) is 2.33. The molecule has 0 aliphatic heterocycles. The Morgan fingerprint density at radius 2 is 1.84 bits per heavy atom. The molecule has 0 bridgehead atoms. The number of nitrogen functional groups attached to an aromatic ring is 1. The van der Waals surface area contributed by atoms with E-state index in [1.807, 2.05) is 0 Å². The number of rotatable bonds is 3. The summed E-state index contributed by atoms with van der Waals surface area (Å²) < 4.78 is 26.9. The molecule has 0 aliphatic rings. The fourth-order valence-corrected chi connectivity index (χ4v) is 3.04. The molecule has 0 heterocycles. The van der Waals surface area contributed by atoms with Crippen LogP contribution in [0.4, 0.5) is 11.4 Å². The zero-order valence-electron chi connectivity index (χ0n) is 10.3. The molecule has 0 unspecified atom stereocenters. The fraction of sp³-hybridized carbons (Fsp3) is 0.0769. The van der Waals surface area contributed by atoms with Crippen molar-refractivity contribution in [1.29, 1.82) is 0 Å². The van der Waals surface area contributed by atoms with Gasteiger partial charge in [-0.25, -0.2) is 8.42 Å². The fourth-order valence-electron chi connectivity index (χ4n) is 1.70. The van der Waals surface area contributed by atoms with Gasteiger partial charge in [-0.15, -0.1) is 0 Å².